The van der Waals surface area contributed by atoms with Crippen molar-refractivity contribution in [2.75, 3.05) is 7.11 Å². The van der Waals surface area contributed by atoms with E-state index < -0.39 is 4.92 Å². The predicted octanol–water partition coefficient (Wildman–Crippen LogP) is 1.18. The van der Waals surface area contributed by atoms with Crippen LogP contribution in [-0.4, -0.2) is 17.1 Å². The summed E-state index contributed by atoms with van der Waals surface area (Å²) in [5.74, 6) is 0.362. The van der Waals surface area contributed by atoms with E-state index >= 15 is 0 Å². The summed E-state index contributed by atoms with van der Waals surface area (Å²) in [6, 6.07) is 4.38. The van der Waals surface area contributed by atoms with E-state index in [4.69, 9.17) is 4.74 Å². The third-order valence-corrected chi connectivity index (χ3v) is 1.59. The topological polar surface area (TPSA) is 72.6 Å². The van der Waals surface area contributed by atoms with Crippen molar-refractivity contribution in [3.8, 4) is 11.5 Å². The molecule has 0 aliphatic rings. The van der Waals surface area contributed by atoms with Crippen molar-refractivity contribution in [3.05, 3.63) is 33.9 Å². The third-order valence-electron chi connectivity index (χ3n) is 1.59. The van der Waals surface area contributed by atoms with Crippen molar-refractivity contribution in [1.82, 2.24) is 0 Å². The minimum Gasteiger partial charge on any atom is -0.507 e. The maximum absolute atomic E-state index is 10.1. The van der Waals surface area contributed by atoms with Crippen molar-refractivity contribution >= 4 is 0 Å². The van der Waals surface area contributed by atoms with Crippen LogP contribution in [0, 0.1) is 10.1 Å². The monoisotopic (exact) mass is 183 g/mol. The fourth-order valence-electron chi connectivity index (χ4n) is 0.943. The van der Waals surface area contributed by atoms with Gasteiger partial charge in [-0.25, -0.2) is 0 Å². The molecule has 0 amide bonds. The van der Waals surface area contributed by atoms with Gasteiger partial charge >= 0.3 is 0 Å². The molecule has 0 aromatic heterocycles. The van der Waals surface area contributed by atoms with Crippen molar-refractivity contribution in [2.24, 2.45) is 0 Å². The van der Waals surface area contributed by atoms with Crippen LogP contribution >= 0.6 is 0 Å². The largest absolute Gasteiger partial charge is 0.507 e. The van der Waals surface area contributed by atoms with Crippen molar-refractivity contribution in [2.45, 2.75) is 6.54 Å². The second-order valence-corrected chi connectivity index (χ2v) is 2.49. The number of nitrogens with zero attached hydrogens (tertiary/aromatic N) is 1. The molecule has 0 unspecified atom stereocenters. The molecule has 5 nitrogen and oxygen atoms in total. The van der Waals surface area contributed by atoms with E-state index in [1.807, 2.05) is 0 Å². The molecule has 0 aliphatic heterocycles. The molecule has 70 valence electrons. The van der Waals surface area contributed by atoms with Gasteiger partial charge in [0, 0.05) is 11.0 Å². The van der Waals surface area contributed by atoms with Crippen LogP contribution in [0.5, 0.6) is 11.5 Å². The van der Waals surface area contributed by atoms with Crippen LogP contribution in [0.15, 0.2) is 18.2 Å². The number of methoxy groups -OCH3 is 1. The average molecular weight is 183 g/mol. The molecule has 0 spiro atoms. The highest BCUT2D eigenvalue weighted by atomic mass is 16.6. The van der Waals surface area contributed by atoms with Gasteiger partial charge in [-0.05, 0) is 12.1 Å². The quantitative estimate of drug-likeness (QED) is 0.564. The van der Waals surface area contributed by atoms with E-state index in [0.29, 0.717) is 5.75 Å². The van der Waals surface area contributed by atoms with Gasteiger partial charge in [0.2, 0.25) is 6.54 Å². The Morgan fingerprint density at radius 1 is 1.62 bits per heavy atom. The molecule has 0 aliphatic carbocycles. The van der Waals surface area contributed by atoms with E-state index in [0.717, 1.165) is 0 Å². The molecular formula is C8H9NO4. The number of benzene rings is 1. The van der Waals surface area contributed by atoms with Gasteiger partial charge in [-0.2, -0.15) is 0 Å². The SMILES string of the molecule is COc1ccc(C[N+](=O)[O-])c(O)c1. The van der Waals surface area contributed by atoms with Crippen LogP contribution in [0.25, 0.3) is 0 Å². The molecule has 1 N–H and O–H groups in total. The molecule has 0 heterocycles. The van der Waals surface area contributed by atoms with E-state index in [1.165, 1.54) is 19.2 Å². The number of nitro groups is 1. The summed E-state index contributed by atoms with van der Waals surface area (Å²) >= 11 is 0. The summed E-state index contributed by atoms with van der Waals surface area (Å²) in [6.45, 7) is -0.379. The first-order chi connectivity index (χ1) is 6.13. The van der Waals surface area contributed by atoms with Gasteiger partial charge in [-0.1, -0.05) is 0 Å². The molecule has 1 aromatic carbocycles. The standard InChI is InChI=1S/C8H9NO4/c1-13-7-3-2-6(5-9(11)12)8(10)4-7/h2-4,10H,5H2,1H3. The molecule has 5 heteroatoms. The summed E-state index contributed by atoms with van der Waals surface area (Å²) in [6.07, 6.45) is 0. The smallest absolute Gasteiger partial charge is 0.232 e. The van der Waals surface area contributed by atoms with Crippen molar-refractivity contribution < 1.29 is 14.8 Å². The molecule has 1 rings (SSSR count). The zero-order valence-electron chi connectivity index (χ0n) is 7.06. The van der Waals surface area contributed by atoms with Crippen LogP contribution in [0.1, 0.15) is 5.56 Å². The Hall–Kier alpha value is -1.78. The van der Waals surface area contributed by atoms with Crippen molar-refractivity contribution in [1.29, 1.82) is 0 Å². The van der Waals surface area contributed by atoms with Gasteiger partial charge in [0.1, 0.15) is 11.5 Å². The summed E-state index contributed by atoms with van der Waals surface area (Å²) in [4.78, 5) is 9.64. The number of hydrogen-bond donors (Lipinski definition) is 1. The van der Waals surface area contributed by atoms with Gasteiger partial charge in [0.25, 0.3) is 0 Å². The van der Waals surface area contributed by atoms with E-state index in [-0.39, 0.29) is 17.9 Å². The van der Waals surface area contributed by atoms with Crippen molar-refractivity contribution in [3.63, 3.8) is 0 Å². The van der Waals surface area contributed by atoms with Gasteiger partial charge < -0.3 is 9.84 Å². The first-order valence-corrected chi connectivity index (χ1v) is 3.61. The lowest BCUT2D eigenvalue weighted by atomic mass is 10.2. The molecule has 0 fully saturated rings. The predicted molar refractivity (Wildman–Crippen MR) is 45.4 cm³/mol. The number of phenols is 1. The first-order valence-electron chi connectivity index (χ1n) is 3.61. The van der Waals surface area contributed by atoms with Gasteiger partial charge in [0.15, 0.2) is 0 Å². The summed E-state index contributed by atoms with van der Waals surface area (Å²) in [5, 5.41) is 19.4. The maximum atomic E-state index is 10.1. The number of ether oxygens (including phenoxy) is 1. The fraction of sp³-hybridized carbons (Fsp3) is 0.250. The Kier molecular flexibility index (Phi) is 2.69. The van der Waals surface area contributed by atoms with Gasteiger partial charge in [-0.3, -0.25) is 10.1 Å². The average Bonchev–Trinajstić information content (AvgIpc) is 2.08. The zero-order valence-corrected chi connectivity index (χ0v) is 7.06. The van der Waals surface area contributed by atoms with Gasteiger partial charge in [-0.15, -0.1) is 0 Å². The third kappa shape index (κ3) is 2.33. The van der Waals surface area contributed by atoms with Crippen LogP contribution < -0.4 is 4.74 Å². The fourth-order valence-corrected chi connectivity index (χ4v) is 0.943. The molecule has 0 radical (unpaired) electrons. The van der Waals surface area contributed by atoms with E-state index in [2.05, 4.69) is 0 Å². The first kappa shape index (κ1) is 9.31. The Bertz CT molecular complexity index is 324. The molecule has 1 aromatic rings. The number of rotatable bonds is 3. The molecule has 0 atom stereocenters. The van der Waals surface area contributed by atoms with E-state index in [1.54, 1.807) is 6.07 Å². The zero-order chi connectivity index (χ0) is 9.84. The highest BCUT2D eigenvalue weighted by Gasteiger charge is 2.07. The normalized spacial score (nSPS) is 9.62. The van der Waals surface area contributed by atoms with Crippen LogP contribution in [0.3, 0.4) is 0 Å². The number of aromatic hydroxyl groups is 1. The highest BCUT2D eigenvalue weighted by molar-refractivity contribution is 5.39. The Labute approximate surface area is 74.7 Å². The molecule has 0 saturated carbocycles. The molecule has 13 heavy (non-hydrogen) atoms. The second-order valence-electron chi connectivity index (χ2n) is 2.49. The molecular weight excluding hydrogens is 174 g/mol. The number of hydrogen-bond acceptors (Lipinski definition) is 4. The Morgan fingerprint density at radius 2 is 2.31 bits per heavy atom. The van der Waals surface area contributed by atoms with Crippen LogP contribution in [0.2, 0.25) is 0 Å². The van der Waals surface area contributed by atoms with Gasteiger partial charge in [0.05, 0.1) is 12.7 Å². The van der Waals surface area contributed by atoms with Crippen LogP contribution in [-0.2, 0) is 6.54 Å². The number of phenolic OH excluding ortho intramolecular Hbond substituents is 1. The van der Waals surface area contributed by atoms with Crippen LogP contribution in [0.4, 0.5) is 0 Å². The van der Waals surface area contributed by atoms with E-state index in [9.17, 15) is 15.2 Å². The minimum absolute atomic E-state index is 0.115. The summed E-state index contributed by atoms with van der Waals surface area (Å²) in [7, 11) is 1.46. The summed E-state index contributed by atoms with van der Waals surface area (Å²) < 4.78 is 4.83. The Morgan fingerprint density at radius 3 is 2.77 bits per heavy atom. The highest BCUT2D eigenvalue weighted by Crippen LogP contribution is 2.23. The maximum Gasteiger partial charge on any atom is 0.232 e. The minimum atomic E-state index is -0.498. The lowest BCUT2D eigenvalue weighted by Crippen LogP contribution is -1.98. The summed E-state index contributed by atoms with van der Waals surface area (Å²) in [5.41, 5.74) is 0.283. The lowest BCUT2D eigenvalue weighted by molar-refractivity contribution is -0.496. The lowest BCUT2D eigenvalue weighted by Gasteiger charge is -2.02. The molecule has 0 bridgehead atoms. The second kappa shape index (κ2) is 3.75. The Balaban J connectivity index is 2.91. The molecule has 0 saturated heterocycles.